The van der Waals surface area contributed by atoms with E-state index in [4.69, 9.17) is 0 Å². The molecular weight excluding hydrogens is 254 g/mol. The summed E-state index contributed by atoms with van der Waals surface area (Å²) in [6, 6.07) is 0.317. The van der Waals surface area contributed by atoms with Gasteiger partial charge in [-0.15, -0.1) is 0 Å². The van der Waals surface area contributed by atoms with Crippen LogP contribution in [-0.2, 0) is 9.59 Å². The van der Waals surface area contributed by atoms with Crippen molar-refractivity contribution in [1.82, 2.24) is 14.7 Å². The van der Waals surface area contributed by atoms with Crippen molar-refractivity contribution in [2.45, 2.75) is 38.6 Å². The van der Waals surface area contributed by atoms with E-state index >= 15 is 0 Å². The number of amides is 2. The highest BCUT2D eigenvalue weighted by Crippen LogP contribution is 2.25. The van der Waals surface area contributed by atoms with Gasteiger partial charge in [0, 0.05) is 38.6 Å². The summed E-state index contributed by atoms with van der Waals surface area (Å²) in [5.41, 5.74) is 0. The summed E-state index contributed by atoms with van der Waals surface area (Å²) in [4.78, 5) is 30.5. The molecule has 2 aliphatic rings. The first kappa shape index (κ1) is 15.3. The molecule has 2 rings (SSSR count). The van der Waals surface area contributed by atoms with Gasteiger partial charge in [0.05, 0.1) is 5.92 Å². The molecule has 20 heavy (non-hydrogen) atoms. The number of piperidine rings is 1. The van der Waals surface area contributed by atoms with Crippen molar-refractivity contribution in [2.24, 2.45) is 5.92 Å². The molecular formula is C15H27N3O2. The molecule has 0 aromatic carbocycles. The lowest BCUT2D eigenvalue weighted by atomic mass is 9.98. The summed E-state index contributed by atoms with van der Waals surface area (Å²) in [5.74, 6) is 0.207. The minimum absolute atomic E-state index is 0.120. The van der Waals surface area contributed by atoms with Crippen LogP contribution in [0.25, 0.3) is 0 Å². The first-order chi connectivity index (χ1) is 9.52. The summed E-state index contributed by atoms with van der Waals surface area (Å²) in [6.07, 6.45) is 3.78. The number of nitrogens with zero attached hydrogens (tertiary/aromatic N) is 3. The smallest absolute Gasteiger partial charge is 0.228 e. The zero-order chi connectivity index (χ0) is 14.7. The van der Waals surface area contributed by atoms with Crippen LogP contribution in [0.1, 0.15) is 32.6 Å². The van der Waals surface area contributed by atoms with Crippen molar-refractivity contribution >= 4 is 11.8 Å². The molecule has 5 nitrogen and oxygen atoms in total. The Bertz CT molecular complexity index is 370. The van der Waals surface area contributed by atoms with Crippen molar-refractivity contribution in [3.63, 3.8) is 0 Å². The van der Waals surface area contributed by atoms with E-state index in [9.17, 15) is 9.59 Å². The number of rotatable bonds is 4. The molecule has 2 atom stereocenters. The SMILES string of the molecule is CCN1C[C@@H](C(=O)N2CCCC[C@H]2CN(C)C)CC1=O. The molecule has 2 aliphatic heterocycles. The Hall–Kier alpha value is -1.10. The number of likely N-dealkylation sites (tertiary alicyclic amines) is 2. The standard InChI is InChI=1S/C15H27N3O2/c1-4-17-10-12(9-14(17)19)15(20)18-8-6-5-7-13(18)11-16(2)3/h12-13H,4-11H2,1-3H3/t12-,13-/m0/s1. The quantitative estimate of drug-likeness (QED) is 0.765. The molecule has 0 unspecified atom stereocenters. The monoisotopic (exact) mass is 281 g/mol. The highest BCUT2D eigenvalue weighted by molar-refractivity contribution is 5.89. The van der Waals surface area contributed by atoms with E-state index in [1.807, 2.05) is 11.8 Å². The van der Waals surface area contributed by atoms with E-state index in [1.54, 1.807) is 4.90 Å². The molecule has 2 heterocycles. The first-order valence-electron chi connectivity index (χ1n) is 7.76. The zero-order valence-corrected chi connectivity index (χ0v) is 13.0. The number of carbonyl (C=O) groups is 2. The van der Waals surface area contributed by atoms with Crippen LogP contribution in [0.3, 0.4) is 0 Å². The van der Waals surface area contributed by atoms with Crippen LogP contribution in [-0.4, -0.2) is 72.8 Å². The Morgan fingerprint density at radius 2 is 2.10 bits per heavy atom. The van der Waals surface area contributed by atoms with Gasteiger partial charge in [0.15, 0.2) is 0 Å². The lowest BCUT2D eigenvalue weighted by Crippen LogP contribution is -2.50. The fourth-order valence-corrected chi connectivity index (χ4v) is 3.38. The maximum atomic E-state index is 12.7. The van der Waals surface area contributed by atoms with Gasteiger partial charge in [0.2, 0.25) is 11.8 Å². The van der Waals surface area contributed by atoms with Gasteiger partial charge in [0.25, 0.3) is 0 Å². The topological polar surface area (TPSA) is 43.9 Å². The minimum atomic E-state index is -0.120. The molecule has 0 aromatic rings. The van der Waals surface area contributed by atoms with E-state index in [0.29, 0.717) is 25.6 Å². The Labute approximate surface area is 121 Å². The van der Waals surface area contributed by atoms with Gasteiger partial charge in [-0.1, -0.05) is 0 Å². The molecule has 2 amide bonds. The number of carbonyl (C=O) groups excluding carboxylic acids is 2. The second kappa shape index (κ2) is 6.57. The largest absolute Gasteiger partial charge is 0.342 e. The van der Waals surface area contributed by atoms with Crippen LogP contribution in [0.4, 0.5) is 0 Å². The van der Waals surface area contributed by atoms with Crippen LogP contribution in [0.15, 0.2) is 0 Å². The average Bonchev–Trinajstić information content (AvgIpc) is 2.79. The number of hydrogen-bond acceptors (Lipinski definition) is 3. The second-order valence-electron chi connectivity index (χ2n) is 6.28. The fourth-order valence-electron chi connectivity index (χ4n) is 3.38. The molecule has 0 saturated carbocycles. The van der Waals surface area contributed by atoms with Crippen molar-refractivity contribution in [2.75, 3.05) is 40.3 Å². The molecule has 0 spiro atoms. The molecule has 5 heteroatoms. The summed E-state index contributed by atoms with van der Waals surface area (Å²) < 4.78 is 0. The minimum Gasteiger partial charge on any atom is -0.342 e. The van der Waals surface area contributed by atoms with Crippen molar-refractivity contribution in [3.05, 3.63) is 0 Å². The van der Waals surface area contributed by atoms with Crippen LogP contribution < -0.4 is 0 Å². The number of hydrogen-bond donors (Lipinski definition) is 0. The summed E-state index contributed by atoms with van der Waals surface area (Å²) in [7, 11) is 4.10. The van der Waals surface area contributed by atoms with E-state index in [1.165, 1.54) is 6.42 Å². The van der Waals surface area contributed by atoms with Crippen LogP contribution in [0, 0.1) is 5.92 Å². The van der Waals surface area contributed by atoms with Crippen molar-refractivity contribution in [3.8, 4) is 0 Å². The van der Waals surface area contributed by atoms with Gasteiger partial charge >= 0.3 is 0 Å². The lowest BCUT2D eigenvalue weighted by molar-refractivity contribution is -0.139. The molecule has 0 radical (unpaired) electrons. The molecule has 0 N–H and O–H groups in total. The van der Waals surface area contributed by atoms with Crippen molar-refractivity contribution in [1.29, 1.82) is 0 Å². The highest BCUT2D eigenvalue weighted by atomic mass is 16.2. The van der Waals surface area contributed by atoms with Crippen LogP contribution >= 0.6 is 0 Å². The Morgan fingerprint density at radius 3 is 2.70 bits per heavy atom. The molecule has 2 saturated heterocycles. The Kier molecular flexibility index (Phi) is 5.02. The summed E-state index contributed by atoms with van der Waals surface area (Å²) in [5, 5.41) is 0. The summed E-state index contributed by atoms with van der Waals surface area (Å²) >= 11 is 0. The Balaban J connectivity index is 2.01. The maximum absolute atomic E-state index is 12.7. The van der Waals surface area contributed by atoms with E-state index in [2.05, 4.69) is 19.0 Å². The van der Waals surface area contributed by atoms with E-state index < -0.39 is 0 Å². The van der Waals surface area contributed by atoms with Gasteiger partial charge in [-0.3, -0.25) is 9.59 Å². The first-order valence-corrected chi connectivity index (χ1v) is 7.76. The molecule has 114 valence electrons. The third-order valence-corrected chi connectivity index (χ3v) is 4.43. The zero-order valence-electron chi connectivity index (χ0n) is 13.0. The van der Waals surface area contributed by atoms with Gasteiger partial charge in [-0.2, -0.15) is 0 Å². The fraction of sp³-hybridized carbons (Fsp3) is 0.867. The van der Waals surface area contributed by atoms with Crippen molar-refractivity contribution < 1.29 is 9.59 Å². The van der Waals surface area contributed by atoms with Crippen LogP contribution in [0.5, 0.6) is 0 Å². The Morgan fingerprint density at radius 1 is 1.35 bits per heavy atom. The predicted octanol–water partition coefficient (Wildman–Crippen LogP) is 0.797. The van der Waals surface area contributed by atoms with Gasteiger partial charge in [0.1, 0.15) is 0 Å². The second-order valence-corrected chi connectivity index (χ2v) is 6.28. The normalized spacial score (nSPS) is 27.5. The van der Waals surface area contributed by atoms with E-state index in [-0.39, 0.29) is 17.7 Å². The third kappa shape index (κ3) is 3.32. The molecule has 0 aliphatic carbocycles. The molecule has 0 aromatic heterocycles. The van der Waals surface area contributed by atoms with Gasteiger partial charge in [-0.05, 0) is 40.3 Å². The third-order valence-electron chi connectivity index (χ3n) is 4.43. The summed E-state index contributed by atoms with van der Waals surface area (Å²) in [6.45, 7) is 5.07. The van der Waals surface area contributed by atoms with Gasteiger partial charge in [-0.25, -0.2) is 0 Å². The molecule has 2 fully saturated rings. The van der Waals surface area contributed by atoms with Crippen LogP contribution in [0.2, 0.25) is 0 Å². The average molecular weight is 281 g/mol. The van der Waals surface area contributed by atoms with E-state index in [0.717, 1.165) is 25.9 Å². The maximum Gasteiger partial charge on any atom is 0.228 e. The lowest BCUT2D eigenvalue weighted by Gasteiger charge is -2.38. The number of likely N-dealkylation sites (N-methyl/N-ethyl adjacent to an activating group) is 1. The predicted molar refractivity (Wildman–Crippen MR) is 78.3 cm³/mol. The molecule has 0 bridgehead atoms. The highest BCUT2D eigenvalue weighted by Gasteiger charge is 2.38. The van der Waals surface area contributed by atoms with Gasteiger partial charge < -0.3 is 14.7 Å².